The van der Waals surface area contributed by atoms with E-state index in [1.165, 1.54) is 4.57 Å². The van der Waals surface area contributed by atoms with Crippen molar-refractivity contribution in [3.63, 3.8) is 0 Å². The van der Waals surface area contributed by atoms with E-state index < -0.39 is 0 Å². The van der Waals surface area contributed by atoms with Crippen molar-refractivity contribution in [2.75, 3.05) is 0 Å². The fourth-order valence-corrected chi connectivity index (χ4v) is 2.04. The second-order valence-electron chi connectivity index (χ2n) is 3.54. The van der Waals surface area contributed by atoms with Gasteiger partial charge in [-0.3, -0.25) is 10.1 Å². The Morgan fingerprint density at radius 1 is 1.18 bits per heavy atom. The highest BCUT2D eigenvalue weighted by Gasteiger charge is 2.07. The maximum atomic E-state index is 11.7. The summed E-state index contributed by atoms with van der Waals surface area (Å²) in [5.74, 6) is 0. The van der Waals surface area contributed by atoms with Crippen molar-refractivity contribution in [2.45, 2.75) is 0 Å². The van der Waals surface area contributed by atoms with Crippen molar-refractivity contribution in [1.82, 2.24) is 19.7 Å². The van der Waals surface area contributed by atoms with Gasteiger partial charge in [0.2, 0.25) is 4.77 Å². The molecule has 0 fully saturated rings. The molecule has 0 saturated carbocycles. The van der Waals surface area contributed by atoms with Crippen LogP contribution < -0.4 is 5.69 Å². The summed E-state index contributed by atoms with van der Waals surface area (Å²) in [7, 11) is 0. The smallest absolute Gasteiger partial charge is 0.272 e. The van der Waals surface area contributed by atoms with Gasteiger partial charge >= 0.3 is 5.69 Å². The highest BCUT2D eigenvalue weighted by atomic mass is 32.1. The Bertz CT molecular complexity index is 766. The van der Waals surface area contributed by atoms with Gasteiger partial charge in [0.05, 0.1) is 11.2 Å². The zero-order valence-corrected chi connectivity index (χ0v) is 9.49. The molecule has 2 heterocycles. The standard InChI is InChI=1S/C11H8N4OS/c16-10-13-14-11(17)15(10)9-5-1-4-8-7(9)3-2-6-12-8/h1-6H,(H,13,16)(H,14,17). The van der Waals surface area contributed by atoms with Gasteiger partial charge in [0, 0.05) is 11.6 Å². The lowest BCUT2D eigenvalue weighted by atomic mass is 10.2. The van der Waals surface area contributed by atoms with Gasteiger partial charge in [0.25, 0.3) is 0 Å². The fourth-order valence-electron chi connectivity index (χ4n) is 1.81. The van der Waals surface area contributed by atoms with E-state index in [-0.39, 0.29) is 5.69 Å². The molecule has 1 aromatic carbocycles. The number of fused-ring (bicyclic) bond motifs is 1. The highest BCUT2D eigenvalue weighted by Crippen LogP contribution is 2.18. The van der Waals surface area contributed by atoms with Crippen LogP contribution in [0.1, 0.15) is 0 Å². The quantitative estimate of drug-likeness (QED) is 0.641. The summed E-state index contributed by atoms with van der Waals surface area (Å²) in [5, 5.41) is 5.96. The average Bonchev–Trinajstić information content (AvgIpc) is 2.69. The number of rotatable bonds is 1. The molecule has 0 saturated heterocycles. The summed E-state index contributed by atoms with van der Waals surface area (Å²) < 4.78 is 1.76. The first-order chi connectivity index (χ1) is 8.27. The normalized spacial score (nSPS) is 10.8. The molecule has 6 heteroatoms. The third-order valence-electron chi connectivity index (χ3n) is 2.55. The number of aromatic amines is 2. The van der Waals surface area contributed by atoms with Gasteiger partial charge in [-0.25, -0.2) is 14.5 Å². The van der Waals surface area contributed by atoms with Crippen molar-refractivity contribution in [2.24, 2.45) is 0 Å². The molecule has 0 amide bonds. The third-order valence-corrected chi connectivity index (χ3v) is 2.83. The molecule has 2 N–H and O–H groups in total. The summed E-state index contributed by atoms with van der Waals surface area (Å²) in [4.78, 5) is 15.9. The first kappa shape index (κ1) is 9.98. The Morgan fingerprint density at radius 2 is 2.06 bits per heavy atom. The van der Waals surface area contributed by atoms with Crippen LogP contribution in [0.25, 0.3) is 16.6 Å². The van der Waals surface area contributed by atoms with Gasteiger partial charge in [0.1, 0.15) is 0 Å². The van der Waals surface area contributed by atoms with Crippen LogP contribution in [0.3, 0.4) is 0 Å². The molecule has 0 radical (unpaired) electrons. The van der Waals surface area contributed by atoms with Gasteiger partial charge in [-0.05, 0) is 36.5 Å². The summed E-state index contributed by atoms with van der Waals surface area (Å²) >= 11 is 5.07. The SMILES string of the molecule is O=c1[nH][nH]c(=S)n1-c1cccc2ncccc12. The Kier molecular flexibility index (Phi) is 2.15. The third kappa shape index (κ3) is 1.50. The number of hydrogen-bond acceptors (Lipinski definition) is 3. The molecule has 17 heavy (non-hydrogen) atoms. The number of nitrogens with one attached hydrogen (secondary N) is 2. The van der Waals surface area contributed by atoms with E-state index in [1.54, 1.807) is 6.20 Å². The number of benzene rings is 1. The van der Waals surface area contributed by atoms with Crippen LogP contribution in [-0.2, 0) is 0 Å². The lowest BCUT2D eigenvalue weighted by Crippen LogP contribution is -2.15. The zero-order chi connectivity index (χ0) is 11.8. The first-order valence-electron chi connectivity index (χ1n) is 5.01. The molecular formula is C11H8N4OS. The Hall–Kier alpha value is -2.21. The maximum absolute atomic E-state index is 11.7. The minimum atomic E-state index is -0.286. The van der Waals surface area contributed by atoms with E-state index in [4.69, 9.17) is 12.2 Å². The molecule has 0 bridgehead atoms. The monoisotopic (exact) mass is 244 g/mol. The zero-order valence-electron chi connectivity index (χ0n) is 8.68. The molecule has 3 aromatic rings. The molecule has 5 nitrogen and oxygen atoms in total. The number of hydrogen-bond donors (Lipinski definition) is 2. The highest BCUT2D eigenvalue weighted by molar-refractivity contribution is 7.71. The molecule has 2 aromatic heterocycles. The van der Waals surface area contributed by atoms with E-state index in [9.17, 15) is 4.79 Å². The summed E-state index contributed by atoms with van der Waals surface area (Å²) in [5.41, 5.74) is 1.27. The van der Waals surface area contributed by atoms with Crippen LogP contribution in [0.2, 0.25) is 0 Å². The molecule has 0 unspecified atom stereocenters. The van der Waals surface area contributed by atoms with Crippen molar-refractivity contribution in [3.05, 3.63) is 51.8 Å². The summed E-state index contributed by atoms with van der Waals surface area (Å²) in [6, 6.07) is 9.31. The minimum absolute atomic E-state index is 0.286. The van der Waals surface area contributed by atoms with Crippen LogP contribution in [0.4, 0.5) is 0 Å². The van der Waals surface area contributed by atoms with Crippen LogP contribution in [-0.4, -0.2) is 19.7 Å². The minimum Gasteiger partial charge on any atom is -0.272 e. The van der Waals surface area contributed by atoms with E-state index >= 15 is 0 Å². The van der Waals surface area contributed by atoms with E-state index in [0.29, 0.717) is 4.77 Å². The summed E-state index contributed by atoms with van der Waals surface area (Å²) in [6.07, 6.45) is 1.72. The predicted octanol–water partition coefficient (Wildman–Crippen LogP) is 1.77. The van der Waals surface area contributed by atoms with Gasteiger partial charge in [-0.2, -0.15) is 0 Å². The van der Waals surface area contributed by atoms with Gasteiger partial charge < -0.3 is 0 Å². The maximum Gasteiger partial charge on any atom is 0.347 e. The molecule has 3 rings (SSSR count). The van der Waals surface area contributed by atoms with E-state index in [1.807, 2.05) is 30.3 Å². The van der Waals surface area contributed by atoms with Crippen LogP contribution in [0, 0.1) is 4.77 Å². The topological polar surface area (TPSA) is 66.5 Å². The average molecular weight is 244 g/mol. The molecule has 0 aliphatic rings. The van der Waals surface area contributed by atoms with Crippen molar-refractivity contribution >= 4 is 23.1 Å². The number of H-pyrrole nitrogens is 2. The molecule has 0 aliphatic carbocycles. The Morgan fingerprint density at radius 3 is 2.82 bits per heavy atom. The van der Waals surface area contributed by atoms with Crippen LogP contribution in [0.15, 0.2) is 41.3 Å². The lowest BCUT2D eigenvalue weighted by Gasteiger charge is -2.04. The molecule has 0 aliphatic heterocycles. The Labute approximate surface area is 101 Å². The molecule has 84 valence electrons. The van der Waals surface area contributed by atoms with Crippen molar-refractivity contribution in [1.29, 1.82) is 0 Å². The number of aromatic nitrogens is 4. The first-order valence-corrected chi connectivity index (χ1v) is 5.42. The predicted molar refractivity (Wildman–Crippen MR) is 66.9 cm³/mol. The molecule has 0 atom stereocenters. The van der Waals surface area contributed by atoms with Gasteiger partial charge in [-0.15, -0.1) is 0 Å². The van der Waals surface area contributed by atoms with Crippen LogP contribution in [0.5, 0.6) is 0 Å². The van der Waals surface area contributed by atoms with Crippen molar-refractivity contribution in [3.8, 4) is 5.69 Å². The second kappa shape index (κ2) is 3.67. The van der Waals surface area contributed by atoms with E-state index in [0.717, 1.165) is 16.6 Å². The fraction of sp³-hybridized carbons (Fsp3) is 0. The number of nitrogens with zero attached hydrogens (tertiary/aromatic N) is 2. The second-order valence-corrected chi connectivity index (χ2v) is 3.93. The molecular weight excluding hydrogens is 236 g/mol. The summed E-state index contributed by atoms with van der Waals surface area (Å²) in [6.45, 7) is 0. The van der Waals surface area contributed by atoms with Crippen molar-refractivity contribution < 1.29 is 0 Å². The van der Waals surface area contributed by atoms with Crippen LogP contribution >= 0.6 is 12.2 Å². The lowest BCUT2D eigenvalue weighted by molar-refractivity contribution is 0.983. The number of pyridine rings is 1. The molecule has 0 spiro atoms. The van der Waals surface area contributed by atoms with Gasteiger partial charge in [-0.1, -0.05) is 6.07 Å². The largest absolute Gasteiger partial charge is 0.347 e. The Balaban J connectivity index is 2.47. The van der Waals surface area contributed by atoms with Gasteiger partial charge in [0.15, 0.2) is 0 Å². The van der Waals surface area contributed by atoms with E-state index in [2.05, 4.69) is 15.2 Å².